The van der Waals surface area contributed by atoms with Gasteiger partial charge in [-0.15, -0.1) is 23.4 Å². The highest BCUT2D eigenvalue weighted by Crippen LogP contribution is 2.31. The number of nitrogens with one attached hydrogen (secondary N) is 1. The predicted molar refractivity (Wildman–Crippen MR) is 92.7 cm³/mol. The van der Waals surface area contributed by atoms with Gasteiger partial charge in [-0.1, -0.05) is 41.9 Å². The van der Waals surface area contributed by atoms with Gasteiger partial charge in [0, 0.05) is 27.9 Å². The third kappa shape index (κ3) is 5.11. The lowest BCUT2D eigenvalue weighted by Crippen LogP contribution is -2.20. The minimum atomic E-state index is -0.548. The molecule has 0 spiro atoms. The molecule has 2 N–H and O–H groups in total. The van der Waals surface area contributed by atoms with Gasteiger partial charge in [-0.05, 0) is 23.8 Å². The third-order valence-electron chi connectivity index (χ3n) is 2.93. The summed E-state index contributed by atoms with van der Waals surface area (Å²) in [4.78, 5) is 1.12. The lowest BCUT2D eigenvalue weighted by atomic mass is 10.2. The second kappa shape index (κ2) is 8.54. The van der Waals surface area contributed by atoms with Crippen LogP contribution >= 0.6 is 35.0 Å². The fourth-order valence-corrected chi connectivity index (χ4v) is 3.22. The molecule has 0 aromatic heterocycles. The van der Waals surface area contributed by atoms with Gasteiger partial charge in [-0.3, -0.25) is 0 Å². The van der Waals surface area contributed by atoms with E-state index in [-0.39, 0.29) is 5.88 Å². The van der Waals surface area contributed by atoms with Crippen molar-refractivity contribution in [2.24, 2.45) is 0 Å². The molecule has 0 heterocycles. The lowest BCUT2D eigenvalue weighted by molar-refractivity contribution is 0.211. The maximum atomic E-state index is 9.54. The summed E-state index contributed by atoms with van der Waals surface area (Å²) < 4.78 is 0. The number of halogens is 2. The highest BCUT2D eigenvalue weighted by molar-refractivity contribution is 7.98. The Morgan fingerprint density at radius 1 is 1.10 bits per heavy atom. The van der Waals surface area contributed by atoms with E-state index < -0.39 is 6.10 Å². The maximum Gasteiger partial charge on any atom is 0.0847 e. The Morgan fingerprint density at radius 2 is 1.81 bits per heavy atom. The summed E-state index contributed by atoms with van der Waals surface area (Å²) in [5.41, 5.74) is 2.11. The smallest absolute Gasteiger partial charge is 0.0847 e. The maximum absolute atomic E-state index is 9.54. The number of hydrogen-bond acceptors (Lipinski definition) is 3. The van der Waals surface area contributed by atoms with Crippen molar-refractivity contribution in [1.29, 1.82) is 0 Å². The Labute approximate surface area is 139 Å². The SMILES string of the molecule is OC(CCl)CNc1ccccc1SCc1ccccc1Cl. The molecule has 21 heavy (non-hydrogen) atoms. The molecule has 112 valence electrons. The van der Waals surface area contributed by atoms with Crippen LogP contribution in [0.15, 0.2) is 53.4 Å². The number of aliphatic hydroxyl groups is 1. The topological polar surface area (TPSA) is 32.3 Å². The number of hydrogen-bond donors (Lipinski definition) is 2. The first-order valence-corrected chi connectivity index (χ1v) is 8.53. The standard InChI is InChI=1S/C16H17Cl2NOS/c17-9-13(20)10-19-15-7-3-4-8-16(15)21-11-12-5-1-2-6-14(12)18/h1-8,13,19-20H,9-11H2. The Kier molecular flexibility index (Phi) is 6.71. The lowest BCUT2D eigenvalue weighted by Gasteiger charge is -2.14. The average Bonchev–Trinajstić information content (AvgIpc) is 2.52. The van der Waals surface area contributed by atoms with Crippen LogP contribution in [0.5, 0.6) is 0 Å². The van der Waals surface area contributed by atoms with Crippen LogP contribution in [0.1, 0.15) is 5.56 Å². The number of para-hydroxylation sites is 1. The fourth-order valence-electron chi connectivity index (χ4n) is 1.79. The highest BCUT2D eigenvalue weighted by Gasteiger charge is 2.07. The number of alkyl halides is 1. The van der Waals surface area contributed by atoms with Gasteiger partial charge in [0.15, 0.2) is 0 Å². The quantitative estimate of drug-likeness (QED) is 0.568. The first-order valence-electron chi connectivity index (χ1n) is 6.64. The Morgan fingerprint density at radius 3 is 2.57 bits per heavy atom. The van der Waals surface area contributed by atoms with Crippen molar-refractivity contribution >= 4 is 40.7 Å². The molecule has 1 unspecified atom stereocenters. The molecule has 2 aromatic rings. The van der Waals surface area contributed by atoms with Crippen LogP contribution in [0.4, 0.5) is 5.69 Å². The van der Waals surface area contributed by atoms with E-state index in [4.69, 9.17) is 23.2 Å². The Hall–Kier alpha value is -0.870. The summed E-state index contributed by atoms with van der Waals surface area (Å²) in [5, 5.41) is 13.5. The third-order valence-corrected chi connectivity index (χ3v) is 4.78. The Balaban J connectivity index is 2.01. The molecule has 0 fully saturated rings. The van der Waals surface area contributed by atoms with Gasteiger partial charge in [-0.2, -0.15) is 0 Å². The van der Waals surface area contributed by atoms with Gasteiger partial charge in [0.05, 0.1) is 12.0 Å². The number of anilines is 1. The molecule has 0 saturated heterocycles. The zero-order chi connectivity index (χ0) is 15.1. The first kappa shape index (κ1) is 16.5. The number of rotatable bonds is 7. The predicted octanol–water partition coefficient (Wildman–Crippen LogP) is 4.64. The molecule has 2 rings (SSSR count). The molecular formula is C16H17Cl2NOS. The summed E-state index contributed by atoms with van der Waals surface area (Å²) in [5.74, 6) is 1.03. The summed E-state index contributed by atoms with van der Waals surface area (Å²) in [6.45, 7) is 0.438. The van der Waals surface area contributed by atoms with Crippen molar-refractivity contribution in [3.8, 4) is 0 Å². The molecule has 2 nitrogen and oxygen atoms in total. The molecule has 1 atom stereocenters. The van der Waals surface area contributed by atoms with Crippen LogP contribution < -0.4 is 5.32 Å². The minimum absolute atomic E-state index is 0.224. The van der Waals surface area contributed by atoms with Crippen LogP contribution in [0.3, 0.4) is 0 Å². The van der Waals surface area contributed by atoms with Crippen LogP contribution in [-0.4, -0.2) is 23.6 Å². The molecule has 0 saturated carbocycles. The van der Waals surface area contributed by atoms with Gasteiger partial charge in [0.25, 0.3) is 0 Å². The normalized spacial score (nSPS) is 12.1. The van der Waals surface area contributed by atoms with Crippen molar-refractivity contribution in [3.05, 3.63) is 59.1 Å². The molecule has 5 heteroatoms. The van der Waals surface area contributed by atoms with Crippen molar-refractivity contribution < 1.29 is 5.11 Å². The van der Waals surface area contributed by atoms with E-state index in [9.17, 15) is 5.11 Å². The summed E-state index contributed by atoms with van der Waals surface area (Å²) in [6, 6.07) is 15.9. The second-order valence-corrected chi connectivity index (χ2v) is 6.30. The van der Waals surface area contributed by atoms with E-state index in [2.05, 4.69) is 11.4 Å². The number of thioether (sulfide) groups is 1. The van der Waals surface area contributed by atoms with E-state index in [1.54, 1.807) is 11.8 Å². The van der Waals surface area contributed by atoms with Crippen LogP contribution in [-0.2, 0) is 5.75 Å². The summed E-state index contributed by atoms with van der Waals surface area (Å²) >= 11 is 13.5. The number of benzene rings is 2. The van der Waals surface area contributed by atoms with Crippen LogP contribution in [0.25, 0.3) is 0 Å². The van der Waals surface area contributed by atoms with Gasteiger partial charge in [-0.25, -0.2) is 0 Å². The van der Waals surface area contributed by atoms with E-state index in [0.717, 1.165) is 26.9 Å². The molecule has 0 amide bonds. The van der Waals surface area contributed by atoms with Crippen molar-refractivity contribution in [3.63, 3.8) is 0 Å². The van der Waals surface area contributed by atoms with Gasteiger partial charge < -0.3 is 10.4 Å². The molecule has 0 radical (unpaired) electrons. The van der Waals surface area contributed by atoms with Gasteiger partial charge >= 0.3 is 0 Å². The first-order chi connectivity index (χ1) is 10.2. The van der Waals surface area contributed by atoms with Crippen molar-refractivity contribution in [2.45, 2.75) is 16.8 Å². The molecule has 0 bridgehead atoms. The summed E-state index contributed by atoms with van der Waals surface area (Å²) in [6.07, 6.45) is -0.548. The van der Waals surface area contributed by atoms with Crippen molar-refractivity contribution in [1.82, 2.24) is 0 Å². The average molecular weight is 342 g/mol. The second-order valence-electron chi connectivity index (χ2n) is 4.57. The van der Waals surface area contributed by atoms with Gasteiger partial charge in [0.2, 0.25) is 0 Å². The molecular weight excluding hydrogens is 325 g/mol. The summed E-state index contributed by atoms with van der Waals surface area (Å²) in [7, 11) is 0. The number of aliphatic hydroxyl groups excluding tert-OH is 1. The zero-order valence-corrected chi connectivity index (χ0v) is 13.8. The van der Waals surface area contributed by atoms with Crippen molar-refractivity contribution in [2.75, 3.05) is 17.7 Å². The van der Waals surface area contributed by atoms with Gasteiger partial charge in [0.1, 0.15) is 0 Å². The van der Waals surface area contributed by atoms with E-state index in [1.807, 2.05) is 42.5 Å². The Bertz CT molecular complexity index is 580. The minimum Gasteiger partial charge on any atom is -0.390 e. The zero-order valence-electron chi connectivity index (χ0n) is 11.4. The highest BCUT2D eigenvalue weighted by atomic mass is 35.5. The van der Waals surface area contributed by atoms with Crippen LogP contribution in [0.2, 0.25) is 5.02 Å². The van der Waals surface area contributed by atoms with E-state index in [0.29, 0.717) is 6.54 Å². The van der Waals surface area contributed by atoms with E-state index >= 15 is 0 Å². The van der Waals surface area contributed by atoms with E-state index in [1.165, 1.54) is 0 Å². The molecule has 0 aliphatic carbocycles. The van der Waals surface area contributed by atoms with Crippen LogP contribution in [0, 0.1) is 0 Å². The molecule has 0 aliphatic heterocycles. The fraction of sp³-hybridized carbons (Fsp3) is 0.250. The molecule has 2 aromatic carbocycles. The molecule has 0 aliphatic rings. The largest absolute Gasteiger partial charge is 0.390 e. The monoisotopic (exact) mass is 341 g/mol.